The molecule has 0 bridgehead atoms. The highest BCUT2D eigenvalue weighted by molar-refractivity contribution is 9.10. The highest BCUT2D eigenvalue weighted by Gasteiger charge is 2.42. The molecule has 1 aliphatic rings. The van der Waals surface area contributed by atoms with Crippen molar-refractivity contribution >= 4 is 38.7 Å². The summed E-state index contributed by atoms with van der Waals surface area (Å²) in [6, 6.07) is 7.64. The molecule has 1 aromatic heterocycles. The minimum Gasteiger partial charge on any atom is -0.481 e. The second kappa shape index (κ2) is 4.87. The molecule has 2 aromatic rings. The molecule has 3 rings (SSSR count). The smallest absolute Gasteiger partial charge is 0.311 e. The van der Waals surface area contributed by atoms with Gasteiger partial charge in [-0.1, -0.05) is 18.2 Å². The van der Waals surface area contributed by atoms with Gasteiger partial charge in [0.1, 0.15) is 5.69 Å². The molecule has 0 aliphatic carbocycles. The van der Waals surface area contributed by atoms with Crippen LogP contribution in [0.15, 0.2) is 28.7 Å². The normalized spacial score (nSPS) is 21.9. The number of para-hydroxylation sites is 1. The van der Waals surface area contributed by atoms with Gasteiger partial charge in [0, 0.05) is 24.0 Å². The zero-order chi connectivity index (χ0) is 15.2. The number of H-pyrrole nitrogens is 1. The van der Waals surface area contributed by atoms with Crippen molar-refractivity contribution in [1.29, 1.82) is 0 Å². The van der Waals surface area contributed by atoms with E-state index in [1.165, 1.54) is 0 Å². The van der Waals surface area contributed by atoms with Gasteiger partial charge in [-0.25, -0.2) is 0 Å². The maximum absolute atomic E-state index is 12.6. The molecule has 1 atom stereocenters. The van der Waals surface area contributed by atoms with E-state index in [1.807, 2.05) is 24.3 Å². The number of fused-ring (bicyclic) bond motifs is 1. The third-order valence-electron chi connectivity index (χ3n) is 4.13. The average Bonchev–Trinajstić information content (AvgIpc) is 3.01. The van der Waals surface area contributed by atoms with Crippen molar-refractivity contribution in [2.24, 2.45) is 5.41 Å². The Balaban J connectivity index is 1.92. The van der Waals surface area contributed by atoms with Gasteiger partial charge in [0.2, 0.25) is 0 Å². The number of nitrogens with zero attached hydrogens (tertiary/aromatic N) is 1. The van der Waals surface area contributed by atoms with Crippen molar-refractivity contribution in [3.8, 4) is 0 Å². The van der Waals surface area contributed by atoms with Crippen LogP contribution in [0, 0.1) is 5.41 Å². The molecule has 0 saturated carbocycles. The first-order valence-corrected chi connectivity index (χ1v) is 7.50. The molecule has 2 N–H and O–H groups in total. The van der Waals surface area contributed by atoms with Gasteiger partial charge in [0.25, 0.3) is 5.91 Å². The number of nitrogens with one attached hydrogen (secondary N) is 1. The molecular weight excluding hydrogens is 336 g/mol. The van der Waals surface area contributed by atoms with Gasteiger partial charge in [0.05, 0.1) is 9.89 Å². The number of benzene rings is 1. The minimum atomic E-state index is -0.853. The second-order valence-corrected chi connectivity index (χ2v) is 6.50. The molecule has 110 valence electrons. The van der Waals surface area contributed by atoms with E-state index in [0.717, 1.165) is 15.4 Å². The number of hydrogen-bond donors (Lipinski definition) is 2. The van der Waals surface area contributed by atoms with Crippen molar-refractivity contribution in [2.45, 2.75) is 13.3 Å². The minimum absolute atomic E-state index is 0.164. The maximum atomic E-state index is 12.6. The summed E-state index contributed by atoms with van der Waals surface area (Å²) < 4.78 is 0.729. The molecule has 6 heteroatoms. The van der Waals surface area contributed by atoms with E-state index in [2.05, 4.69) is 20.9 Å². The summed E-state index contributed by atoms with van der Waals surface area (Å²) >= 11 is 3.46. The Hall–Kier alpha value is -1.82. The zero-order valence-corrected chi connectivity index (χ0v) is 13.1. The number of aliphatic carboxylic acids is 1. The summed E-state index contributed by atoms with van der Waals surface area (Å²) in [5, 5.41) is 10.2. The van der Waals surface area contributed by atoms with Crippen LogP contribution in [0.1, 0.15) is 23.8 Å². The molecule has 1 saturated heterocycles. The summed E-state index contributed by atoms with van der Waals surface area (Å²) in [5.41, 5.74) is 0.507. The van der Waals surface area contributed by atoms with Crippen molar-refractivity contribution in [3.63, 3.8) is 0 Å². The predicted molar refractivity (Wildman–Crippen MR) is 82.3 cm³/mol. The largest absolute Gasteiger partial charge is 0.481 e. The third kappa shape index (κ3) is 2.23. The lowest BCUT2D eigenvalue weighted by Crippen LogP contribution is -2.35. The fraction of sp³-hybridized carbons (Fsp3) is 0.333. The molecule has 1 amide bonds. The Morgan fingerprint density at radius 3 is 2.71 bits per heavy atom. The van der Waals surface area contributed by atoms with E-state index in [1.54, 1.807) is 11.8 Å². The Kier molecular flexibility index (Phi) is 3.28. The van der Waals surface area contributed by atoms with E-state index >= 15 is 0 Å². The molecule has 0 spiro atoms. The van der Waals surface area contributed by atoms with Crippen LogP contribution >= 0.6 is 15.9 Å². The van der Waals surface area contributed by atoms with Gasteiger partial charge in [-0.15, -0.1) is 0 Å². The quantitative estimate of drug-likeness (QED) is 0.874. The van der Waals surface area contributed by atoms with Crippen LogP contribution in [0.2, 0.25) is 0 Å². The van der Waals surface area contributed by atoms with Crippen LogP contribution < -0.4 is 0 Å². The number of carbonyl (C=O) groups excluding carboxylic acids is 1. The molecule has 5 nitrogen and oxygen atoms in total. The number of likely N-dealkylation sites (tertiary alicyclic amines) is 1. The molecule has 2 heterocycles. The lowest BCUT2D eigenvalue weighted by Gasteiger charge is -2.19. The predicted octanol–water partition coefficient (Wildman–Crippen LogP) is 2.87. The molecule has 1 aliphatic heterocycles. The van der Waals surface area contributed by atoms with E-state index in [9.17, 15) is 14.7 Å². The van der Waals surface area contributed by atoms with E-state index in [-0.39, 0.29) is 12.5 Å². The van der Waals surface area contributed by atoms with Crippen molar-refractivity contribution < 1.29 is 14.7 Å². The molecule has 1 aromatic carbocycles. The number of hydrogen-bond acceptors (Lipinski definition) is 2. The highest BCUT2D eigenvalue weighted by Crippen LogP contribution is 2.33. The maximum Gasteiger partial charge on any atom is 0.311 e. The first-order valence-electron chi connectivity index (χ1n) is 6.71. The van der Waals surface area contributed by atoms with Crippen LogP contribution in [0.5, 0.6) is 0 Å². The van der Waals surface area contributed by atoms with Gasteiger partial charge < -0.3 is 15.0 Å². The SMILES string of the molecule is CC1(C(=O)O)CCN(C(=O)c2[nH]c3ccccc3c2Br)C1. The van der Waals surface area contributed by atoms with Gasteiger partial charge in [0.15, 0.2) is 0 Å². The second-order valence-electron chi connectivity index (χ2n) is 5.70. The van der Waals surface area contributed by atoms with Crippen molar-refractivity contribution in [3.05, 3.63) is 34.4 Å². The number of aromatic amines is 1. The van der Waals surface area contributed by atoms with E-state index in [4.69, 9.17) is 0 Å². The summed E-state index contributed by atoms with van der Waals surface area (Å²) in [6.07, 6.45) is 0.478. The Labute approximate surface area is 130 Å². The van der Waals surface area contributed by atoms with Crippen LogP contribution in [0.4, 0.5) is 0 Å². The standard InChI is InChI=1S/C15H15BrN2O3/c1-15(14(20)21)6-7-18(8-15)13(19)12-11(16)9-4-2-3-5-10(9)17-12/h2-5,17H,6-8H2,1H3,(H,20,21). The van der Waals surface area contributed by atoms with Gasteiger partial charge in [-0.3, -0.25) is 9.59 Å². The van der Waals surface area contributed by atoms with E-state index < -0.39 is 11.4 Å². The lowest BCUT2D eigenvalue weighted by molar-refractivity contribution is -0.147. The number of rotatable bonds is 2. The number of carboxylic acids is 1. The average molecular weight is 351 g/mol. The monoisotopic (exact) mass is 350 g/mol. The summed E-state index contributed by atoms with van der Waals surface area (Å²) in [4.78, 5) is 28.6. The van der Waals surface area contributed by atoms with Gasteiger partial charge >= 0.3 is 5.97 Å². The summed E-state index contributed by atoms with van der Waals surface area (Å²) in [7, 11) is 0. The van der Waals surface area contributed by atoms with Gasteiger partial charge in [-0.2, -0.15) is 0 Å². The van der Waals surface area contributed by atoms with Crippen LogP contribution in [-0.2, 0) is 4.79 Å². The molecule has 1 fully saturated rings. The summed E-state index contributed by atoms with van der Waals surface area (Å²) in [5.74, 6) is -1.02. The van der Waals surface area contributed by atoms with Gasteiger partial charge in [-0.05, 0) is 35.3 Å². The van der Waals surface area contributed by atoms with Crippen molar-refractivity contribution in [2.75, 3.05) is 13.1 Å². The Bertz CT molecular complexity index is 740. The lowest BCUT2D eigenvalue weighted by atomic mass is 9.90. The van der Waals surface area contributed by atoms with Crippen LogP contribution in [0.25, 0.3) is 10.9 Å². The zero-order valence-electron chi connectivity index (χ0n) is 11.5. The van der Waals surface area contributed by atoms with Crippen molar-refractivity contribution in [1.82, 2.24) is 9.88 Å². The number of carboxylic acid groups (broad SMARTS) is 1. The highest BCUT2D eigenvalue weighted by atomic mass is 79.9. The fourth-order valence-electron chi connectivity index (χ4n) is 2.72. The molecule has 21 heavy (non-hydrogen) atoms. The first kappa shape index (κ1) is 14.1. The molecule has 1 unspecified atom stereocenters. The number of halogens is 1. The topological polar surface area (TPSA) is 73.4 Å². The first-order chi connectivity index (χ1) is 9.92. The number of carbonyl (C=O) groups is 2. The summed E-state index contributed by atoms with van der Waals surface area (Å²) in [6.45, 7) is 2.38. The Morgan fingerprint density at radius 2 is 2.10 bits per heavy atom. The van der Waals surface area contributed by atoms with E-state index in [0.29, 0.717) is 18.7 Å². The van der Waals surface area contributed by atoms with Crippen LogP contribution in [-0.4, -0.2) is 40.0 Å². The molecule has 0 radical (unpaired) electrons. The van der Waals surface area contributed by atoms with Crippen LogP contribution in [0.3, 0.4) is 0 Å². The number of amides is 1. The fourth-order valence-corrected chi connectivity index (χ4v) is 3.34. The molecular formula is C15H15BrN2O3. The Morgan fingerprint density at radius 1 is 1.38 bits per heavy atom. The number of aromatic nitrogens is 1. The third-order valence-corrected chi connectivity index (χ3v) is 4.96.